The second kappa shape index (κ2) is 16.5. The quantitative estimate of drug-likeness (QED) is 0.0844. The van der Waals surface area contributed by atoms with Gasteiger partial charge in [0.15, 0.2) is 5.78 Å². The Balaban J connectivity index is 0.000000289. The van der Waals surface area contributed by atoms with Gasteiger partial charge in [-0.15, -0.1) is 46.3 Å². The zero-order valence-electron chi connectivity index (χ0n) is 33.0. The first kappa shape index (κ1) is 42.3. The maximum absolute atomic E-state index is 12.2. The number of aromatic nitrogens is 2. The van der Waals surface area contributed by atoms with Gasteiger partial charge in [-0.1, -0.05) is 87.3 Å². The van der Waals surface area contributed by atoms with Gasteiger partial charge in [0.05, 0.1) is 0 Å². The number of aliphatic hydroxyl groups excluding tert-OH is 1. The van der Waals surface area contributed by atoms with Gasteiger partial charge in [0.1, 0.15) is 16.9 Å². The summed E-state index contributed by atoms with van der Waals surface area (Å²) in [6, 6.07) is 12.9. The summed E-state index contributed by atoms with van der Waals surface area (Å²) in [5.74, 6) is 0.931. The van der Waals surface area contributed by atoms with Crippen LogP contribution in [0.15, 0.2) is 47.8 Å². The van der Waals surface area contributed by atoms with Crippen molar-refractivity contribution in [3.8, 4) is 11.3 Å². The molecule has 0 unspecified atom stereocenters. The van der Waals surface area contributed by atoms with Crippen molar-refractivity contribution in [1.29, 1.82) is 0 Å². The molecule has 6 aromatic rings. The molecule has 4 heterocycles. The molecule has 281 valence electrons. The van der Waals surface area contributed by atoms with E-state index in [4.69, 9.17) is 9.97 Å². The summed E-state index contributed by atoms with van der Waals surface area (Å²) in [6.07, 6.45) is 7.59. The topological polar surface area (TPSA) is 63.1 Å². The van der Waals surface area contributed by atoms with Crippen LogP contribution in [0.25, 0.3) is 51.7 Å². The van der Waals surface area contributed by atoms with Crippen LogP contribution in [0.2, 0.25) is 0 Å². The first-order valence-corrected chi connectivity index (χ1v) is 21.0. The van der Waals surface area contributed by atoms with Crippen LogP contribution in [0.1, 0.15) is 118 Å². The van der Waals surface area contributed by atoms with Gasteiger partial charge in [-0.3, -0.25) is 9.78 Å². The van der Waals surface area contributed by atoms with Crippen molar-refractivity contribution in [3.63, 3.8) is 0 Å². The number of fused-ring (bicyclic) bond motifs is 5. The van der Waals surface area contributed by atoms with E-state index in [2.05, 4.69) is 77.3 Å². The zero-order chi connectivity index (χ0) is 37.5. The number of nitrogens with zero attached hydrogens (tertiary/aromatic N) is 2. The van der Waals surface area contributed by atoms with Crippen molar-refractivity contribution in [2.75, 3.05) is 0 Å². The first-order valence-electron chi connectivity index (χ1n) is 18.5. The molecule has 4 nitrogen and oxygen atoms in total. The van der Waals surface area contributed by atoms with E-state index in [1.165, 1.54) is 52.3 Å². The molecule has 6 rings (SSSR count). The predicted octanol–water partition coefficient (Wildman–Crippen LogP) is 14.2. The van der Waals surface area contributed by atoms with Crippen LogP contribution in [0, 0.1) is 29.7 Å². The molecule has 4 aromatic heterocycles. The monoisotopic (exact) mass is 932 g/mol. The molecule has 0 saturated heterocycles. The molecule has 0 amide bonds. The van der Waals surface area contributed by atoms with Gasteiger partial charge in [-0.25, -0.2) is 4.98 Å². The van der Waals surface area contributed by atoms with E-state index in [-0.39, 0.29) is 47.9 Å². The van der Waals surface area contributed by atoms with Crippen LogP contribution in [-0.4, -0.2) is 20.9 Å². The Bertz CT molecular complexity index is 2220. The van der Waals surface area contributed by atoms with E-state index in [0.29, 0.717) is 5.92 Å². The summed E-state index contributed by atoms with van der Waals surface area (Å²) in [7, 11) is 0. The van der Waals surface area contributed by atoms with Crippen LogP contribution < -0.4 is 0 Å². The third-order valence-electron chi connectivity index (χ3n) is 11.1. The van der Waals surface area contributed by atoms with Crippen molar-refractivity contribution < 1.29 is 30.0 Å². The summed E-state index contributed by atoms with van der Waals surface area (Å²) in [6.45, 7) is 25.8. The molecule has 0 bridgehead atoms. The van der Waals surface area contributed by atoms with Crippen molar-refractivity contribution >= 4 is 80.3 Å². The minimum Gasteiger partial charge on any atom is -0.512 e. The average molecular weight is 932 g/mol. The SMILES string of the molecule is CCC(C)(CC)C(=O)/C=C(\O)C(C)(CC)CC.Cc1sc2cc3c(cc2c1CC(C)C)sc1ncnc(-c2[c-]c4ccsc4c(C(C)(C)C)c2)c13.[Ir]. The summed E-state index contributed by atoms with van der Waals surface area (Å²) in [5.41, 5.74) is 4.35. The van der Waals surface area contributed by atoms with Crippen molar-refractivity contribution in [1.82, 2.24) is 9.97 Å². The first-order chi connectivity index (χ1) is 24.0. The summed E-state index contributed by atoms with van der Waals surface area (Å²) >= 11 is 5.50. The van der Waals surface area contributed by atoms with Crippen LogP contribution in [-0.2, 0) is 36.7 Å². The van der Waals surface area contributed by atoms with Crippen molar-refractivity contribution in [2.45, 2.75) is 121 Å². The summed E-state index contributed by atoms with van der Waals surface area (Å²) in [5, 5.41) is 17.3. The second-order valence-corrected chi connectivity index (χ2v) is 19.2. The number of carbonyl (C=O) groups excluding carboxylic acids is 1. The average Bonchev–Trinajstić information content (AvgIpc) is 3.80. The van der Waals surface area contributed by atoms with E-state index in [9.17, 15) is 9.90 Å². The molecular formula is C44H55IrN2O2S3-. The number of allylic oxidation sites excluding steroid dienone is 2. The van der Waals surface area contributed by atoms with Crippen LogP contribution >= 0.6 is 34.0 Å². The molecule has 1 radical (unpaired) electrons. The maximum Gasteiger partial charge on any atom is 0.164 e. The predicted molar refractivity (Wildman–Crippen MR) is 225 cm³/mol. The molecule has 0 fully saturated rings. The molecule has 0 spiro atoms. The maximum atomic E-state index is 12.2. The van der Waals surface area contributed by atoms with Crippen molar-refractivity contribution in [2.24, 2.45) is 16.7 Å². The van der Waals surface area contributed by atoms with Gasteiger partial charge in [-0.2, -0.15) is 11.3 Å². The van der Waals surface area contributed by atoms with E-state index in [0.717, 1.165) is 53.6 Å². The number of ketones is 1. The fourth-order valence-electron chi connectivity index (χ4n) is 6.61. The minimum absolute atomic E-state index is 0. The summed E-state index contributed by atoms with van der Waals surface area (Å²) in [4.78, 5) is 24.2. The molecule has 2 aromatic carbocycles. The third-order valence-corrected chi connectivity index (χ3v) is 14.2. The molecular weight excluding hydrogens is 877 g/mol. The van der Waals surface area contributed by atoms with Gasteiger partial charge < -0.3 is 5.11 Å². The Labute approximate surface area is 336 Å². The van der Waals surface area contributed by atoms with E-state index >= 15 is 0 Å². The van der Waals surface area contributed by atoms with Crippen molar-refractivity contribution in [3.05, 3.63) is 69.9 Å². The molecule has 0 aliphatic heterocycles. The number of thiophene rings is 3. The fourth-order valence-corrected chi connectivity index (χ4v) is 9.87. The van der Waals surface area contributed by atoms with Gasteiger partial charge >= 0.3 is 0 Å². The Morgan fingerprint density at radius 1 is 0.904 bits per heavy atom. The van der Waals surface area contributed by atoms with Gasteiger partial charge in [0, 0.05) is 62.4 Å². The number of hydrogen-bond acceptors (Lipinski definition) is 7. The molecule has 1 N–H and O–H groups in total. The number of carbonyl (C=O) groups is 1. The Kier molecular flexibility index (Phi) is 13.4. The Morgan fingerprint density at radius 3 is 2.12 bits per heavy atom. The zero-order valence-corrected chi connectivity index (χ0v) is 37.8. The van der Waals surface area contributed by atoms with Gasteiger partial charge in [0.2, 0.25) is 0 Å². The fraction of sp³-hybridized carbons (Fsp3) is 0.477. The smallest absolute Gasteiger partial charge is 0.164 e. The van der Waals surface area contributed by atoms with E-state index < -0.39 is 0 Å². The normalized spacial score (nSPS) is 12.9. The summed E-state index contributed by atoms with van der Waals surface area (Å²) < 4.78 is 3.98. The van der Waals surface area contributed by atoms with Crippen LogP contribution in [0.3, 0.4) is 0 Å². The minimum atomic E-state index is -0.337. The van der Waals surface area contributed by atoms with E-state index in [1.807, 2.05) is 52.9 Å². The molecule has 8 heteroatoms. The standard InChI is InChI=1S/C29H27N2S3.C15H28O2.Ir/c1-15(2)9-19-16(3)33-23-13-21-24(12-20(19)23)34-28-25(21)26(30-14-31-28)18-10-17-7-8-32-27(17)22(11-18)29(4,5)6;1-7-14(5,8-2)12(16)11-13(17)15(6,9-3)10-4;/h7-8,11-15H,9H2,1-6H3;11,16H,7-10H2,1-6H3;/q-1;;/b;12-11-;. The van der Waals surface area contributed by atoms with E-state index in [1.54, 1.807) is 29.0 Å². The Morgan fingerprint density at radius 2 is 1.52 bits per heavy atom. The molecule has 0 aliphatic rings. The Hall–Kier alpha value is -2.48. The number of rotatable bonds is 10. The van der Waals surface area contributed by atoms with Gasteiger partial charge in [0.25, 0.3) is 0 Å². The second-order valence-electron chi connectivity index (χ2n) is 16.0. The number of aliphatic hydroxyl groups is 1. The number of hydrogen-bond donors (Lipinski definition) is 1. The molecule has 52 heavy (non-hydrogen) atoms. The van der Waals surface area contributed by atoms with Crippen LogP contribution in [0.5, 0.6) is 0 Å². The largest absolute Gasteiger partial charge is 0.512 e. The van der Waals surface area contributed by atoms with Gasteiger partial charge in [-0.05, 0) is 88.9 Å². The van der Waals surface area contributed by atoms with Crippen LogP contribution in [0.4, 0.5) is 0 Å². The molecule has 0 saturated carbocycles. The number of aryl methyl sites for hydroxylation is 1. The number of benzene rings is 2. The molecule has 0 atom stereocenters. The third kappa shape index (κ3) is 8.27. The molecule has 0 aliphatic carbocycles.